The summed E-state index contributed by atoms with van der Waals surface area (Å²) in [6.45, 7) is 4.23. The van der Waals surface area contributed by atoms with Crippen LogP contribution in [0.4, 0.5) is 0 Å². The highest BCUT2D eigenvalue weighted by atomic mass is 16.5. The van der Waals surface area contributed by atoms with E-state index in [0.717, 1.165) is 37.3 Å². The molecule has 2 nitrogen and oxygen atoms in total. The van der Waals surface area contributed by atoms with E-state index in [4.69, 9.17) is 4.74 Å². The fourth-order valence-electron chi connectivity index (χ4n) is 4.61. The van der Waals surface area contributed by atoms with Crippen LogP contribution in [0.5, 0.6) is 5.75 Å². The van der Waals surface area contributed by atoms with Crippen LogP contribution < -0.4 is 10.1 Å². The molecule has 0 saturated heterocycles. The summed E-state index contributed by atoms with van der Waals surface area (Å²) in [4.78, 5) is 0. The third-order valence-electron chi connectivity index (χ3n) is 5.55. The van der Waals surface area contributed by atoms with Crippen LogP contribution in [0, 0.1) is 17.8 Å². The van der Waals surface area contributed by atoms with Crippen molar-refractivity contribution in [2.45, 2.75) is 45.1 Å². The van der Waals surface area contributed by atoms with Gasteiger partial charge in [0.1, 0.15) is 5.75 Å². The van der Waals surface area contributed by atoms with Gasteiger partial charge in [-0.25, -0.2) is 0 Å². The van der Waals surface area contributed by atoms with Crippen molar-refractivity contribution in [3.8, 4) is 5.75 Å². The van der Waals surface area contributed by atoms with Crippen LogP contribution in [-0.2, 0) is 6.42 Å². The molecular weight excluding hydrogens is 246 g/mol. The molecule has 0 amide bonds. The Morgan fingerprint density at radius 3 is 2.95 bits per heavy atom. The van der Waals surface area contributed by atoms with E-state index in [2.05, 4.69) is 30.4 Å². The van der Waals surface area contributed by atoms with Crippen molar-refractivity contribution in [1.82, 2.24) is 5.32 Å². The van der Waals surface area contributed by atoms with Gasteiger partial charge < -0.3 is 10.1 Å². The average molecular weight is 271 g/mol. The molecule has 2 heteroatoms. The monoisotopic (exact) mass is 271 g/mol. The van der Waals surface area contributed by atoms with Crippen LogP contribution in [0.25, 0.3) is 0 Å². The molecule has 20 heavy (non-hydrogen) atoms. The van der Waals surface area contributed by atoms with Crippen molar-refractivity contribution in [3.63, 3.8) is 0 Å². The maximum absolute atomic E-state index is 5.95. The third-order valence-corrected chi connectivity index (χ3v) is 5.55. The van der Waals surface area contributed by atoms with Crippen LogP contribution in [-0.4, -0.2) is 13.2 Å². The molecule has 0 spiro atoms. The number of ether oxygens (including phenoxy) is 1. The first kappa shape index (κ1) is 12.7. The van der Waals surface area contributed by atoms with Gasteiger partial charge >= 0.3 is 0 Å². The minimum absolute atomic E-state index is 0.526. The SMILES string of the molecule is CCCNC(c1cccc2c1OCC2)C1C2CCCC21. The lowest BCUT2D eigenvalue weighted by Gasteiger charge is -2.23. The molecule has 1 aromatic rings. The molecule has 0 radical (unpaired) electrons. The van der Waals surface area contributed by atoms with Gasteiger partial charge in [0.2, 0.25) is 0 Å². The van der Waals surface area contributed by atoms with Gasteiger partial charge in [0.15, 0.2) is 0 Å². The second-order valence-electron chi connectivity index (χ2n) is 6.70. The van der Waals surface area contributed by atoms with E-state index in [1.54, 1.807) is 0 Å². The molecule has 1 N–H and O–H groups in total. The van der Waals surface area contributed by atoms with E-state index in [0.29, 0.717) is 6.04 Å². The topological polar surface area (TPSA) is 21.3 Å². The maximum Gasteiger partial charge on any atom is 0.127 e. The van der Waals surface area contributed by atoms with Crippen molar-refractivity contribution >= 4 is 0 Å². The Morgan fingerprint density at radius 1 is 1.30 bits per heavy atom. The minimum atomic E-state index is 0.526. The zero-order valence-corrected chi connectivity index (χ0v) is 12.4. The lowest BCUT2D eigenvalue weighted by atomic mass is 9.94. The van der Waals surface area contributed by atoms with E-state index >= 15 is 0 Å². The largest absolute Gasteiger partial charge is 0.493 e. The first-order valence-corrected chi connectivity index (χ1v) is 8.38. The molecule has 1 heterocycles. The van der Waals surface area contributed by atoms with E-state index in [9.17, 15) is 0 Å². The second-order valence-corrected chi connectivity index (χ2v) is 6.70. The quantitative estimate of drug-likeness (QED) is 0.881. The Hall–Kier alpha value is -1.02. The van der Waals surface area contributed by atoms with Gasteiger partial charge in [-0.15, -0.1) is 0 Å². The van der Waals surface area contributed by atoms with Gasteiger partial charge in [0.05, 0.1) is 6.61 Å². The molecule has 2 fully saturated rings. The second kappa shape index (κ2) is 5.07. The molecule has 4 rings (SSSR count). The number of nitrogens with one attached hydrogen (secondary N) is 1. The van der Waals surface area contributed by atoms with Gasteiger partial charge in [0.25, 0.3) is 0 Å². The van der Waals surface area contributed by atoms with Crippen molar-refractivity contribution in [3.05, 3.63) is 29.3 Å². The predicted octanol–water partition coefficient (Wildman–Crippen LogP) is 3.71. The normalized spacial score (nSPS) is 31.6. The number of benzene rings is 1. The average Bonchev–Trinajstić information content (AvgIpc) is 2.90. The van der Waals surface area contributed by atoms with E-state index in [1.807, 2.05) is 0 Å². The van der Waals surface area contributed by atoms with E-state index in [-0.39, 0.29) is 0 Å². The predicted molar refractivity (Wildman–Crippen MR) is 81.0 cm³/mol. The van der Waals surface area contributed by atoms with Crippen LogP contribution in [0.3, 0.4) is 0 Å². The molecule has 2 saturated carbocycles. The van der Waals surface area contributed by atoms with E-state index < -0.39 is 0 Å². The first-order valence-electron chi connectivity index (χ1n) is 8.38. The Balaban J connectivity index is 1.63. The Labute approximate surface area is 121 Å². The molecule has 1 aliphatic heterocycles. The molecule has 108 valence electrons. The summed E-state index contributed by atoms with van der Waals surface area (Å²) in [6.07, 6.45) is 6.65. The van der Waals surface area contributed by atoms with Gasteiger partial charge in [0, 0.05) is 18.0 Å². The Bertz CT molecular complexity index is 488. The summed E-state index contributed by atoms with van der Waals surface area (Å²) in [5.74, 6) is 4.04. The molecule has 3 atom stereocenters. The summed E-state index contributed by atoms with van der Waals surface area (Å²) in [5.41, 5.74) is 2.85. The van der Waals surface area contributed by atoms with Crippen LogP contribution >= 0.6 is 0 Å². The molecule has 1 aromatic carbocycles. The van der Waals surface area contributed by atoms with Gasteiger partial charge in [-0.05, 0) is 49.1 Å². The third kappa shape index (κ3) is 1.96. The van der Waals surface area contributed by atoms with Crippen LogP contribution in [0.1, 0.15) is 49.8 Å². The van der Waals surface area contributed by atoms with Gasteiger partial charge in [-0.2, -0.15) is 0 Å². The highest BCUT2D eigenvalue weighted by molar-refractivity contribution is 5.46. The van der Waals surface area contributed by atoms with Gasteiger partial charge in [-0.3, -0.25) is 0 Å². The number of hydrogen-bond donors (Lipinski definition) is 1. The standard InChI is InChI=1S/C18H25NO/c1-2-10-19-17(16-13-6-4-7-14(13)16)15-8-3-5-12-9-11-20-18(12)15/h3,5,8,13-14,16-17,19H,2,4,6-7,9-11H2,1H3. The zero-order valence-electron chi connectivity index (χ0n) is 12.4. The minimum Gasteiger partial charge on any atom is -0.493 e. The van der Waals surface area contributed by atoms with E-state index in [1.165, 1.54) is 42.6 Å². The number of para-hydroxylation sites is 1. The molecule has 3 aliphatic rings. The lowest BCUT2D eigenvalue weighted by molar-refractivity contribution is 0.339. The number of fused-ring (bicyclic) bond motifs is 2. The first-order chi connectivity index (χ1) is 9.90. The van der Waals surface area contributed by atoms with Gasteiger partial charge in [-0.1, -0.05) is 31.5 Å². The van der Waals surface area contributed by atoms with Crippen molar-refractivity contribution in [2.24, 2.45) is 17.8 Å². The maximum atomic E-state index is 5.95. The number of hydrogen-bond acceptors (Lipinski definition) is 2. The summed E-state index contributed by atoms with van der Waals surface area (Å²) >= 11 is 0. The van der Waals surface area contributed by atoms with Crippen molar-refractivity contribution in [2.75, 3.05) is 13.2 Å². The lowest BCUT2D eigenvalue weighted by Crippen LogP contribution is -2.26. The fourth-order valence-corrected chi connectivity index (χ4v) is 4.61. The van der Waals surface area contributed by atoms with Crippen molar-refractivity contribution < 1.29 is 4.74 Å². The summed E-state index contributed by atoms with van der Waals surface area (Å²) < 4.78 is 5.95. The molecule has 2 aliphatic carbocycles. The van der Waals surface area contributed by atoms with Crippen LogP contribution in [0.2, 0.25) is 0 Å². The Morgan fingerprint density at radius 2 is 2.15 bits per heavy atom. The highest BCUT2D eigenvalue weighted by Gasteiger charge is 2.56. The smallest absolute Gasteiger partial charge is 0.127 e. The van der Waals surface area contributed by atoms with Crippen LogP contribution in [0.15, 0.2) is 18.2 Å². The summed E-state index contributed by atoms with van der Waals surface area (Å²) in [5, 5.41) is 3.83. The fraction of sp³-hybridized carbons (Fsp3) is 0.667. The van der Waals surface area contributed by atoms with Crippen molar-refractivity contribution in [1.29, 1.82) is 0 Å². The molecule has 3 unspecified atom stereocenters. The Kier molecular flexibility index (Phi) is 3.22. The summed E-state index contributed by atoms with van der Waals surface area (Å²) in [7, 11) is 0. The number of rotatable bonds is 5. The summed E-state index contributed by atoms with van der Waals surface area (Å²) in [6, 6.07) is 7.28. The highest BCUT2D eigenvalue weighted by Crippen LogP contribution is 2.63. The zero-order chi connectivity index (χ0) is 13.5. The molecule has 0 bridgehead atoms. The molecule has 0 aromatic heterocycles. The molecular formula is C18H25NO.